The SMILES string of the molecule is CCOC(=O)c1ccnc(Sc2nnc(C)n2C)c1N. The Labute approximate surface area is 120 Å². The molecule has 0 amide bonds. The second-order valence-corrected chi connectivity index (χ2v) is 4.94. The summed E-state index contributed by atoms with van der Waals surface area (Å²) in [4.78, 5) is 15.9. The van der Waals surface area contributed by atoms with E-state index < -0.39 is 5.97 Å². The lowest BCUT2D eigenvalue weighted by Gasteiger charge is -2.08. The van der Waals surface area contributed by atoms with Crippen molar-refractivity contribution in [3.63, 3.8) is 0 Å². The fourth-order valence-electron chi connectivity index (χ4n) is 1.49. The number of carbonyl (C=O) groups is 1. The van der Waals surface area contributed by atoms with Gasteiger partial charge >= 0.3 is 5.97 Å². The summed E-state index contributed by atoms with van der Waals surface area (Å²) in [5.41, 5.74) is 6.57. The van der Waals surface area contributed by atoms with E-state index in [-0.39, 0.29) is 5.69 Å². The van der Waals surface area contributed by atoms with Crippen molar-refractivity contribution in [1.29, 1.82) is 0 Å². The predicted octanol–water partition coefficient (Wildman–Crippen LogP) is 1.43. The van der Waals surface area contributed by atoms with Crippen LogP contribution in [0.3, 0.4) is 0 Å². The summed E-state index contributed by atoms with van der Waals surface area (Å²) in [6, 6.07) is 1.54. The van der Waals surface area contributed by atoms with E-state index in [0.29, 0.717) is 22.4 Å². The van der Waals surface area contributed by atoms with Crippen molar-refractivity contribution in [3.8, 4) is 0 Å². The molecule has 2 aromatic heterocycles. The van der Waals surface area contributed by atoms with E-state index in [0.717, 1.165) is 5.82 Å². The topological polar surface area (TPSA) is 95.9 Å². The Kier molecular flexibility index (Phi) is 4.23. The number of nitrogens with zero attached hydrogens (tertiary/aromatic N) is 4. The zero-order valence-corrected chi connectivity index (χ0v) is 12.3. The lowest BCUT2D eigenvalue weighted by Crippen LogP contribution is -2.09. The highest BCUT2D eigenvalue weighted by atomic mass is 32.2. The van der Waals surface area contributed by atoms with Crippen LogP contribution >= 0.6 is 11.8 Å². The normalized spacial score (nSPS) is 10.6. The predicted molar refractivity (Wildman–Crippen MR) is 74.5 cm³/mol. The minimum absolute atomic E-state index is 0.289. The van der Waals surface area contributed by atoms with Crippen molar-refractivity contribution >= 4 is 23.4 Å². The molecule has 0 unspecified atom stereocenters. The van der Waals surface area contributed by atoms with Gasteiger partial charge < -0.3 is 15.0 Å². The summed E-state index contributed by atoms with van der Waals surface area (Å²) in [5, 5.41) is 9.15. The molecular formula is C12H15N5O2S. The Morgan fingerprint density at radius 3 is 2.85 bits per heavy atom. The second-order valence-electron chi connectivity index (χ2n) is 3.99. The number of nitrogen functional groups attached to an aromatic ring is 1. The van der Waals surface area contributed by atoms with Crippen molar-refractivity contribution in [3.05, 3.63) is 23.7 Å². The first-order chi connectivity index (χ1) is 9.54. The first kappa shape index (κ1) is 14.3. The lowest BCUT2D eigenvalue weighted by atomic mass is 10.2. The zero-order valence-electron chi connectivity index (χ0n) is 11.5. The van der Waals surface area contributed by atoms with E-state index >= 15 is 0 Å². The number of aromatic nitrogens is 4. The molecule has 0 aliphatic carbocycles. The monoisotopic (exact) mass is 293 g/mol. The standard InChI is InChI=1S/C12H15N5O2S/c1-4-19-11(18)8-5-6-14-10(9(8)13)20-12-16-15-7(2)17(12)3/h5-6H,4,13H2,1-3H3. The maximum atomic E-state index is 11.8. The van der Waals surface area contributed by atoms with Gasteiger partial charge in [-0.3, -0.25) is 0 Å². The van der Waals surface area contributed by atoms with Gasteiger partial charge in [-0.1, -0.05) is 0 Å². The number of esters is 1. The molecule has 0 aromatic carbocycles. The van der Waals surface area contributed by atoms with Gasteiger partial charge in [0.1, 0.15) is 10.9 Å². The summed E-state index contributed by atoms with van der Waals surface area (Å²) in [7, 11) is 1.85. The molecular weight excluding hydrogens is 278 g/mol. The Bertz CT molecular complexity index is 641. The Morgan fingerprint density at radius 2 is 2.25 bits per heavy atom. The van der Waals surface area contributed by atoms with Crippen LogP contribution in [0.1, 0.15) is 23.1 Å². The van der Waals surface area contributed by atoms with Crippen molar-refractivity contribution < 1.29 is 9.53 Å². The highest BCUT2D eigenvalue weighted by Gasteiger charge is 2.17. The van der Waals surface area contributed by atoms with Crippen LogP contribution in [0.15, 0.2) is 22.4 Å². The van der Waals surface area contributed by atoms with E-state index in [2.05, 4.69) is 15.2 Å². The van der Waals surface area contributed by atoms with Gasteiger partial charge in [-0.2, -0.15) is 0 Å². The fourth-order valence-corrected chi connectivity index (χ4v) is 2.34. The summed E-state index contributed by atoms with van der Waals surface area (Å²) >= 11 is 1.26. The van der Waals surface area contributed by atoms with E-state index in [1.807, 2.05) is 18.5 Å². The van der Waals surface area contributed by atoms with Crippen molar-refractivity contribution in [2.75, 3.05) is 12.3 Å². The van der Waals surface area contributed by atoms with Crippen molar-refractivity contribution in [1.82, 2.24) is 19.7 Å². The van der Waals surface area contributed by atoms with Gasteiger partial charge in [-0.25, -0.2) is 9.78 Å². The van der Waals surface area contributed by atoms with Crippen LogP contribution in [-0.2, 0) is 11.8 Å². The van der Waals surface area contributed by atoms with Gasteiger partial charge in [0, 0.05) is 13.2 Å². The third-order valence-corrected chi connectivity index (χ3v) is 3.75. The van der Waals surface area contributed by atoms with Crippen molar-refractivity contribution in [2.45, 2.75) is 24.0 Å². The summed E-state index contributed by atoms with van der Waals surface area (Å²) in [5.74, 6) is 0.330. The van der Waals surface area contributed by atoms with Crippen LogP contribution in [0.2, 0.25) is 0 Å². The van der Waals surface area contributed by atoms with Gasteiger partial charge in [0.2, 0.25) is 0 Å². The number of nitrogens with two attached hydrogens (primary N) is 1. The maximum absolute atomic E-state index is 11.8. The van der Waals surface area contributed by atoms with Gasteiger partial charge in [-0.15, -0.1) is 10.2 Å². The largest absolute Gasteiger partial charge is 0.462 e. The third-order valence-electron chi connectivity index (χ3n) is 2.69. The van der Waals surface area contributed by atoms with E-state index in [9.17, 15) is 4.79 Å². The van der Waals surface area contributed by atoms with Crippen LogP contribution in [0.4, 0.5) is 5.69 Å². The molecule has 0 atom stereocenters. The van der Waals surface area contributed by atoms with E-state index in [1.54, 1.807) is 13.0 Å². The fraction of sp³-hybridized carbons (Fsp3) is 0.333. The molecule has 2 heterocycles. The molecule has 0 saturated carbocycles. The third kappa shape index (κ3) is 2.74. The number of ether oxygens (including phenoxy) is 1. The molecule has 0 aliphatic heterocycles. The van der Waals surface area contributed by atoms with Crippen LogP contribution in [0.5, 0.6) is 0 Å². The number of anilines is 1. The first-order valence-electron chi connectivity index (χ1n) is 6.00. The molecule has 0 saturated heterocycles. The van der Waals surface area contributed by atoms with Gasteiger partial charge in [0.15, 0.2) is 5.16 Å². The molecule has 2 rings (SSSR count). The van der Waals surface area contributed by atoms with Crippen LogP contribution < -0.4 is 5.73 Å². The van der Waals surface area contributed by atoms with Gasteiger partial charge in [0.05, 0.1) is 17.9 Å². The highest BCUT2D eigenvalue weighted by molar-refractivity contribution is 7.99. The molecule has 0 bridgehead atoms. The molecule has 0 radical (unpaired) electrons. The lowest BCUT2D eigenvalue weighted by molar-refractivity contribution is 0.0527. The average Bonchev–Trinajstić information content (AvgIpc) is 2.73. The molecule has 0 spiro atoms. The molecule has 2 aromatic rings. The Morgan fingerprint density at radius 1 is 1.50 bits per heavy atom. The van der Waals surface area contributed by atoms with Crippen molar-refractivity contribution in [2.24, 2.45) is 7.05 Å². The van der Waals surface area contributed by atoms with Crippen LogP contribution in [0.25, 0.3) is 0 Å². The number of aryl methyl sites for hydroxylation is 1. The summed E-state index contributed by atoms with van der Waals surface area (Å²) < 4.78 is 6.77. The maximum Gasteiger partial charge on any atom is 0.340 e. The molecule has 7 nitrogen and oxygen atoms in total. The molecule has 0 fully saturated rings. The minimum atomic E-state index is -0.455. The number of carbonyl (C=O) groups excluding carboxylic acids is 1. The second kappa shape index (κ2) is 5.91. The molecule has 106 valence electrons. The number of hydrogen-bond acceptors (Lipinski definition) is 7. The van der Waals surface area contributed by atoms with Gasteiger partial charge in [-0.05, 0) is 31.7 Å². The van der Waals surface area contributed by atoms with Crippen LogP contribution in [-0.4, -0.2) is 32.3 Å². The highest BCUT2D eigenvalue weighted by Crippen LogP contribution is 2.30. The molecule has 0 aliphatic rings. The average molecular weight is 293 g/mol. The first-order valence-corrected chi connectivity index (χ1v) is 6.81. The molecule has 8 heteroatoms. The number of pyridine rings is 1. The number of rotatable bonds is 4. The van der Waals surface area contributed by atoms with E-state index in [1.165, 1.54) is 18.0 Å². The molecule has 2 N–H and O–H groups in total. The summed E-state index contributed by atoms with van der Waals surface area (Å²) in [6.07, 6.45) is 1.52. The Hall–Kier alpha value is -2.09. The minimum Gasteiger partial charge on any atom is -0.462 e. The zero-order chi connectivity index (χ0) is 14.7. The van der Waals surface area contributed by atoms with Gasteiger partial charge in [0.25, 0.3) is 0 Å². The molecule has 20 heavy (non-hydrogen) atoms. The van der Waals surface area contributed by atoms with E-state index in [4.69, 9.17) is 10.5 Å². The Balaban J connectivity index is 2.31. The van der Waals surface area contributed by atoms with Crippen LogP contribution in [0, 0.1) is 6.92 Å². The summed E-state index contributed by atoms with van der Waals surface area (Å²) in [6.45, 7) is 3.89. The number of hydrogen-bond donors (Lipinski definition) is 1. The smallest absolute Gasteiger partial charge is 0.340 e. The quantitative estimate of drug-likeness (QED) is 0.852.